The largest absolute Gasteiger partial charge is 0.351 e. The van der Waals surface area contributed by atoms with E-state index in [2.05, 4.69) is 33.5 Å². The van der Waals surface area contributed by atoms with Gasteiger partial charge in [0.2, 0.25) is 5.95 Å². The van der Waals surface area contributed by atoms with E-state index in [1.54, 1.807) is 12.3 Å². The number of benzene rings is 1. The number of rotatable bonds is 3. The van der Waals surface area contributed by atoms with Crippen molar-refractivity contribution in [3.05, 3.63) is 53.3 Å². The van der Waals surface area contributed by atoms with E-state index in [-0.39, 0.29) is 5.91 Å². The van der Waals surface area contributed by atoms with Crippen molar-refractivity contribution in [3.63, 3.8) is 0 Å². The lowest BCUT2D eigenvalue weighted by atomic mass is 9.96. The normalized spacial score (nSPS) is 17.8. The average Bonchev–Trinajstić information content (AvgIpc) is 2.68. The third kappa shape index (κ3) is 3.65. The van der Waals surface area contributed by atoms with Crippen molar-refractivity contribution in [2.24, 2.45) is 0 Å². The second-order valence-corrected chi connectivity index (χ2v) is 6.99. The highest BCUT2D eigenvalue weighted by atomic mass is 16.2. The van der Waals surface area contributed by atoms with Crippen molar-refractivity contribution >= 4 is 11.9 Å². The molecule has 1 N–H and O–H groups in total. The van der Waals surface area contributed by atoms with E-state index < -0.39 is 0 Å². The Morgan fingerprint density at radius 2 is 1.88 bits per heavy atom. The number of aromatic nitrogens is 2. The van der Waals surface area contributed by atoms with E-state index in [1.807, 2.05) is 11.0 Å². The fourth-order valence-corrected chi connectivity index (χ4v) is 3.81. The summed E-state index contributed by atoms with van der Waals surface area (Å²) < 4.78 is 0. The predicted molar refractivity (Wildman–Crippen MR) is 97.4 cm³/mol. The van der Waals surface area contributed by atoms with E-state index >= 15 is 0 Å². The summed E-state index contributed by atoms with van der Waals surface area (Å²) in [7, 11) is 0. The molecule has 5 nitrogen and oxygen atoms in total. The SMILES string of the molecule is O=C(c1ccnc(NC2CCCCC2)n1)N1CCc2ccccc2C1. The number of hydrogen-bond donors (Lipinski definition) is 1. The summed E-state index contributed by atoms with van der Waals surface area (Å²) in [6.07, 6.45) is 8.72. The Morgan fingerprint density at radius 3 is 2.72 bits per heavy atom. The Balaban J connectivity index is 1.46. The summed E-state index contributed by atoms with van der Waals surface area (Å²) in [5.74, 6) is 0.568. The zero-order valence-corrected chi connectivity index (χ0v) is 14.4. The number of nitrogens with one attached hydrogen (secondary N) is 1. The van der Waals surface area contributed by atoms with Crippen molar-refractivity contribution in [1.82, 2.24) is 14.9 Å². The van der Waals surface area contributed by atoms with E-state index in [0.29, 0.717) is 24.2 Å². The maximum absolute atomic E-state index is 12.9. The van der Waals surface area contributed by atoms with Crippen LogP contribution in [0.25, 0.3) is 0 Å². The van der Waals surface area contributed by atoms with Crippen molar-refractivity contribution in [3.8, 4) is 0 Å². The van der Waals surface area contributed by atoms with Gasteiger partial charge in [0.15, 0.2) is 0 Å². The molecule has 0 saturated heterocycles. The van der Waals surface area contributed by atoms with Crippen molar-refractivity contribution < 1.29 is 4.79 Å². The highest BCUT2D eigenvalue weighted by Crippen LogP contribution is 2.22. The highest BCUT2D eigenvalue weighted by Gasteiger charge is 2.23. The first-order valence-corrected chi connectivity index (χ1v) is 9.25. The van der Waals surface area contributed by atoms with Gasteiger partial charge >= 0.3 is 0 Å². The molecule has 4 rings (SSSR count). The number of anilines is 1. The quantitative estimate of drug-likeness (QED) is 0.933. The molecule has 0 unspecified atom stereocenters. The number of hydrogen-bond acceptors (Lipinski definition) is 4. The van der Waals surface area contributed by atoms with Crippen LogP contribution in [0, 0.1) is 0 Å². The minimum Gasteiger partial charge on any atom is -0.351 e. The number of fused-ring (bicyclic) bond motifs is 1. The van der Waals surface area contributed by atoms with Crippen molar-refractivity contribution in [2.45, 2.75) is 51.1 Å². The van der Waals surface area contributed by atoms with Crippen LogP contribution in [0.3, 0.4) is 0 Å². The molecule has 1 aromatic heterocycles. The molecule has 2 aliphatic rings. The Hall–Kier alpha value is -2.43. The third-order valence-electron chi connectivity index (χ3n) is 5.23. The zero-order chi connectivity index (χ0) is 17.1. The van der Waals surface area contributed by atoms with Crippen LogP contribution in [0.2, 0.25) is 0 Å². The molecule has 25 heavy (non-hydrogen) atoms. The molecule has 1 amide bonds. The molecule has 5 heteroatoms. The minimum absolute atomic E-state index is 0.0106. The monoisotopic (exact) mass is 336 g/mol. The molecule has 0 bridgehead atoms. The zero-order valence-electron chi connectivity index (χ0n) is 14.4. The van der Waals surface area contributed by atoms with Gasteiger partial charge in [0.25, 0.3) is 5.91 Å². The van der Waals surface area contributed by atoms with Gasteiger partial charge in [-0.25, -0.2) is 9.97 Å². The molecule has 1 aromatic carbocycles. The molecule has 2 aromatic rings. The van der Waals surface area contributed by atoms with E-state index in [1.165, 1.54) is 30.4 Å². The fraction of sp³-hybridized carbons (Fsp3) is 0.450. The van der Waals surface area contributed by atoms with Gasteiger partial charge in [-0.15, -0.1) is 0 Å². The molecule has 130 valence electrons. The van der Waals surface area contributed by atoms with Crippen LogP contribution in [0.15, 0.2) is 36.5 Å². The molecule has 0 atom stereocenters. The van der Waals surface area contributed by atoms with Crippen LogP contribution in [-0.2, 0) is 13.0 Å². The van der Waals surface area contributed by atoms with Gasteiger partial charge in [-0.2, -0.15) is 0 Å². The smallest absolute Gasteiger partial charge is 0.272 e. The lowest BCUT2D eigenvalue weighted by molar-refractivity contribution is 0.0728. The molecule has 1 saturated carbocycles. The van der Waals surface area contributed by atoms with E-state index in [9.17, 15) is 4.79 Å². The van der Waals surface area contributed by atoms with Crippen molar-refractivity contribution in [1.29, 1.82) is 0 Å². The first kappa shape index (κ1) is 16.1. The molecule has 1 aliphatic carbocycles. The summed E-state index contributed by atoms with van der Waals surface area (Å²) in [4.78, 5) is 23.5. The van der Waals surface area contributed by atoms with Gasteiger partial charge in [-0.05, 0) is 36.5 Å². The summed E-state index contributed by atoms with van der Waals surface area (Å²) in [5, 5.41) is 3.40. The number of carbonyl (C=O) groups is 1. The van der Waals surface area contributed by atoms with E-state index in [4.69, 9.17) is 0 Å². The van der Waals surface area contributed by atoms with Gasteiger partial charge in [0.1, 0.15) is 5.69 Å². The average molecular weight is 336 g/mol. The van der Waals surface area contributed by atoms with Crippen LogP contribution in [-0.4, -0.2) is 33.4 Å². The first-order valence-electron chi connectivity index (χ1n) is 9.25. The molecule has 2 heterocycles. The van der Waals surface area contributed by atoms with Crippen LogP contribution < -0.4 is 5.32 Å². The standard InChI is InChI=1S/C20H24N4O/c25-19(24-13-11-15-6-4-5-7-16(15)14-24)18-10-12-21-20(23-18)22-17-8-2-1-3-9-17/h4-7,10,12,17H,1-3,8-9,11,13-14H2,(H,21,22,23). The topological polar surface area (TPSA) is 58.1 Å². The summed E-state index contributed by atoms with van der Waals surface area (Å²) >= 11 is 0. The van der Waals surface area contributed by atoms with Gasteiger partial charge in [-0.1, -0.05) is 43.5 Å². The number of nitrogens with zero attached hydrogens (tertiary/aromatic N) is 3. The Morgan fingerprint density at radius 1 is 1.08 bits per heavy atom. The maximum atomic E-state index is 12.9. The summed E-state index contributed by atoms with van der Waals surface area (Å²) in [6, 6.07) is 10.5. The third-order valence-corrected chi connectivity index (χ3v) is 5.23. The molecule has 0 spiro atoms. The van der Waals surface area contributed by atoms with Crippen LogP contribution in [0.5, 0.6) is 0 Å². The second-order valence-electron chi connectivity index (χ2n) is 6.99. The Kier molecular flexibility index (Phi) is 4.63. The van der Waals surface area contributed by atoms with Gasteiger partial charge in [0, 0.05) is 25.3 Å². The minimum atomic E-state index is -0.0106. The number of carbonyl (C=O) groups excluding carboxylic acids is 1. The summed E-state index contributed by atoms with van der Waals surface area (Å²) in [5.41, 5.74) is 3.05. The Labute approximate surface area is 148 Å². The van der Waals surface area contributed by atoms with Gasteiger partial charge < -0.3 is 10.2 Å². The van der Waals surface area contributed by atoms with Gasteiger partial charge in [0.05, 0.1) is 0 Å². The molecule has 1 fully saturated rings. The second kappa shape index (κ2) is 7.21. The predicted octanol–water partition coefficient (Wildman–Crippen LogP) is 3.42. The van der Waals surface area contributed by atoms with Crippen LogP contribution >= 0.6 is 0 Å². The lowest BCUT2D eigenvalue weighted by Gasteiger charge is -2.28. The van der Waals surface area contributed by atoms with Crippen LogP contribution in [0.1, 0.15) is 53.7 Å². The van der Waals surface area contributed by atoms with Gasteiger partial charge in [-0.3, -0.25) is 4.79 Å². The fourth-order valence-electron chi connectivity index (χ4n) is 3.81. The lowest BCUT2D eigenvalue weighted by Crippen LogP contribution is -2.36. The number of amides is 1. The van der Waals surface area contributed by atoms with E-state index in [0.717, 1.165) is 25.8 Å². The molecule has 0 radical (unpaired) electrons. The molecule has 1 aliphatic heterocycles. The Bertz CT molecular complexity index is 755. The molecular formula is C20H24N4O. The van der Waals surface area contributed by atoms with Crippen molar-refractivity contribution in [2.75, 3.05) is 11.9 Å². The summed E-state index contributed by atoms with van der Waals surface area (Å²) in [6.45, 7) is 1.40. The maximum Gasteiger partial charge on any atom is 0.272 e. The molecular weight excluding hydrogens is 312 g/mol. The first-order chi connectivity index (χ1) is 12.3. The van der Waals surface area contributed by atoms with Crippen LogP contribution in [0.4, 0.5) is 5.95 Å². The highest BCUT2D eigenvalue weighted by molar-refractivity contribution is 5.92.